The van der Waals surface area contributed by atoms with E-state index in [1.807, 2.05) is 6.92 Å². The number of pyridine rings is 1. The molecular formula is C15H13F2N3O2. The van der Waals surface area contributed by atoms with Crippen LogP contribution < -0.4 is 10.6 Å². The molecule has 7 heteroatoms. The van der Waals surface area contributed by atoms with E-state index in [9.17, 15) is 18.4 Å². The topological polar surface area (TPSA) is 71.1 Å². The maximum Gasteiger partial charge on any atom is 0.251 e. The molecule has 1 heterocycles. The predicted molar refractivity (Wildman–Crippen MR) is 76.3 cm³/mol. The molecule has 0 atom stereocenters. The van der Waals surface area contributed by atoms with Gasteiger partial charge in [0.1, 0.15) is 5.82 Å². The van der Waals surface area contributed by atoms with Crippen molar-refractivity contribution in [2.24, 2.45) is 0 Å². The lowest BCUT2D eigenvalue weighted by Crippen LogP contribution is -2.33. The van der Waals surface area contributed by atoms with Gasteiger partial charge in [-0.3, -0.25) is 9.59 Å². The minimum absolute atomic E-state index is 0.0691. The molecule has 22 heavy (non-hydrogen) atoms. The van der Waals surface area contributed by atoms with Crippen LogP contribution in [-0.2, 0) is 4.79 Å². The van der Waals surface area contributed by atoms with Crippen molar-refractivity contribution < 1.29 is 18.4 Å². The molecule has 0 aliphatic carbocycles. The van der Waals surface area contributed by atoms with Crippen molar-refractivity contribution in [1.29, 1.82) is 0 Å². The van der Waals surface area contributed by atoms with Crippen molar-refractivity contribution >= 4 is 17.6 Å². The van der Waals surface area contributed by atoms with E-state index in [1.165, 1.54) is 0 Å². The smallest absolute Gasteiger partial charge is 0.251 e. The molecular weight excluding hydrogens is 292 g/mol. The summed E-state index contributed by atoms with van der Waals surface area (Å²) in [5.41, 5.74) is 0.858. The molecule has 0 saturated carbocycles. The first-order valence-electron chi connectivity index (χ1n) is 6.41. The van der Waals surface area contributed by atoms with Crippen molar-refractivity contribution in [1.82, 2.24) is 10.3 Å². The SMILES string of the molecule is Cc1ccnc(NC(=O)CNC(=O)c2ccc(F)c(F)c2)c1. The molecule has 0 radical (unpaired) electrons. The summed E-state index contributed by atoms with van der Waals surface area (Å²) in [6, 6.07) is 6.20. The van der Waals surface area contributed by atoms with Crippen LogP contribution in [0.5, 0.6) is 0 Å². The summed E-state index contributed by atoms with van der Waals surface area (Å²) < 4.78 is 25.8. The van der Waals surface area contributed by atoms with Crippen LogP contribution in [0.25, 0.3) is 0 Å². The van der Waals surface area contributed by atoms with Gasteiger partial charge in [-0.2, -0.15) is 0 Å². The highest BCUT2D eigenvalue weighted by atomic mass is 19.2. The van der Waals surface area contributed by atoms with Gasteiger partial charge in [-0.1, -0.05) is 0 Å². The molecule has 0 fully saturated rings. The van der Waals surface area contributed by atoms with Crippen LogP contribution in [0.2, 0.25) is 0 Å². The highest BCUT2D eigenvalue weighted by Gasteiger charge is 2.11. The normalized spacial score (nSPS) is 10.1. The number of anilines is 1. The Kier molecular flexibility index (Phi) is 4.77. The standard InChI is InChI=1S/C15H13F2N3O2/c1-9-4-5-18-13(6-9)20-14(21)8-19-15(22)10-2-3-11(16)12(17)7-10/h2-7H,8H2,1H3,(H,19,22)(H,18,20,21). The zero-order valence-electron chi connectivity index (χ0n) is 11.7. The number of carbonyl (C=O) groups is 2. The summed E-state index contributed by atoms with van der Waals surface area (Å²) in [6.45, 7) is 1.54. The van der Waals surface area contributed by atoms with E-state index in [0.717, 1.165) is 23.8 Å². The Labute approximate surface area is 125 Å². The van der Waals surface area contributed by atoms with Crippen molar-refractivity contribution in [3.63, 3.8) is 0 Å². The fraction of sp³-hybridized carbons (Fsp3) is 0.133. The number of nitrogens with zero attached hydrogens (tertiary/aromatic N) is 1. The van der Waals surface area contributed by atoms with Crippen molar-refractivity contribution in [3.05, 3.63) is 59.3 Å². The highest BCUT2D eigenvalue weighted by Crippen LogP contribution is 2.08. The molecule has 114 valence electrons. The largest absolute Gasteiger partial charge is 0.343 e. The second-order valence-electron chi connectivity index (χ2n) is 4.58. The monoisotopic (exact) mass is 305 g/mol. The minimum Gasteiger partial charge on any atom is -0.343 e. The Morgan fingerprint density at radius 2 is 1.91 bits per heavy atom. The van der Waals surface area contributed by atoms with Gasteiger partial charge in [-0.25, -0.2) is 13.8 Å². The Balaban J connectivity index is 1.90. The molecule has 2 N–H and O–H groups in total. The van der Waals surface area contributed by atoms with Gasteiger partial charge in [-0.15, -0.1) is 0 Å². The number of aromatic nitrogens is 1. The molecule has 0 aliphatic rings. The van der Waals surface area contributed by atoms with Crippen LogP contribution in [0.3, 0.4) is 0 Å². The van der Waals surface area contributed by atoms with Gasteiger partial charge >= 0.3 is 0 Å². The van der Waals surface area contributed by atoms with Crippen LogP contribution in [0.4, 0.5) is 14.6 Å². The Hall–Kier alpha value is -2.83. The first-order valence-corrected chi connectivity index (χ1v) is 6.41. The number of hydrogen-bond acceptors (Lipinski definition) is 3. The number of benzene rings is 1. The lowest BCUT2D eigenvalue weighted by molar-refractivity contribution is -0.115. The summed E-state index contributed by atoms with van der Waals surface area (Å²) in [4.78, 5) is 27.4. The van der Waals surface area contributed by atoms with Gasteiger partial charge in [0.05, 0.1) is 6.54 Å². The summed E-state index contributed by atoms with van der Waals surface area (Å²) in [7, 11) is 0. The van der Waals surface area contributed by atoms with Gasteiger partial charge in [0.25, 0.3) is 5.91 Å². The molecule has 0 unspecified atom stereocenters. The highest BCUT2D eigenvalue weighted by molar-refractivity contribution is 5.99. The summed E-state index contributed by atoms with van der Waals surface area (Å²) >= 11 is 0. The average Bonchev–Trinajstić information content (AvgIpc) is 2.47. The van der Waals surface area contributed by atoms with E-state index in [1.54, 1.807) is 18.3 Å². The maximum atomic E-state index is 13.0. The van der Waals surface area contributed by atoms with E-state index in [4.69, 9.17) is 0 Å². The Bertz CT molecular complexity index is 720. The second-order valence-corrected chi connectivity index (χ2v) is 4.58. The van der Waals surface area contributed by atoms with Crippen molar-refractivity contribution in [2.45, 2.75) is 6.92 Å². The molecule has 1 aromatic carbocycles. The van der Waals surface area contributed by atoms with E-state index in [2.05, 4.69) is 15.6 Å². The molecule has 2 amide bonds. The van der Waals surface area contributed by atoms with E-state index in [-0.39, 0.29) is 12.1 Å². The van der Waals surface area contributed by atoms with Gasteiger partial charge in [0, 0.05) is 11.8 Å². The zero-order chi connectivity index (χ0) is 16.1. The third kappa shape index (κ3) is 4.08. The lowest BCUT2D eigenvalue weighted by atomic mass is 10.2. The number of rotatable bonds is 4. The van der Waals surface area contributed by atoms with E-state index >= 15 is 0 Å². The summed E-state index contributed by atoms with van der Waals surface area (Å²) in [6.07, 6.45) is 1.55. The van der Waals surface area contributed by atoms with Crippen LogP contribution >= 0.6 is 0 Å². The van der Waals surface area contributed by atoms with Crippen LogP contribution in [-0.4, -0.2) is 23.3 Å². The summed E-state index contributed by atoms with van der Waals surface area (Å²) in [5.74, 6) is -2.95. The van der Waals surface area contributed by atoms with Gasteiger partial charge in [-0.05, 0) is 42.8 Å². The van der Waals surface area contributed by atoms with Gasteiger partial charge in [0.15, 0.2) is 11.6 Å². The van der Waals surface area contributed by atoms with Gasteiger partial charge in [0.2, 0.25) is 5.91 Å². The Morgan fingerprint density at radius 3 is 2.59 bits per heavy atom. The number of halogens is 2. The number of nitrogens with one attached hydrogen (secondary N) is 2. The van der Waals surface area contributed by atoms with Crippen LogP contribution in [0, 0.1) is 18.6 Å². The van der Waals surface area contributed by atoms with E-state index in [0.29, 0.717) is 5.82 Å². The number of aryl methyl sites for hydroxylation is 1. The quantitative estimate of drug-likeness (QED) is 0.908. The fourth-order valence-corrected chi connectivity index (χ4v) is 1.69. The molecule has 0 saturated heterocycles. The lowest BCUT2D eigenvalue weighted by Gasteiger charge is -2.07. The maximum absolute atomic E-state index is 13.0. The second kappa shape index (κ2) is 6.75. The van der Waals surface area contributed by atoms with Crippen molar-refractivity contribution in [3.8, 4) is 0 Å². The zero-order valence-corrected chi connectivity index (χ0v) is 11.7. The van der Waals surface area contributed by atoms with E-state index < -0.39 is 23.4 Å². The molecule has 2 aromatic rings. The molecule has 0 spiro atoms. The molecule has 1 aromatic heterocycles. The van der Waals surface area contributed by atoms with Gasteiger partial charge < -0.3 is 10.6 Å². The van der Waals surface area contributed by atoms with Crippen LogP contribution in [0.15, 0.2) is 36.5 Å². The van der Waals surface area contributed by atoms with Crippen LogP contribution in [0.1, 0.15) is 15.9 Å². The number of amides is 2. The average molecular weight is 305 g/mol. The predicted octanol–water partition coefficient (Wildman–Crippen LogP) is 2.04. The molecule has 5 nitrogen and oxygen atoms in total. The Morgan fingerprint density at radius 1 is 1.14 bits per heavy atom. The number of carbonyl (C=O) groups excluding carboxylic acids is 2. The summed E-state index contributed by atoms with van der Waals surface area (Å²) in [5, 5.41) is 4.82. The number of hydrogen-bond donors (Lipinski definition) is 2. The molecule has 0 aliphatic heterocycles. The molecule has 0 bridgehead atoms. The first kappa shape index (κ1) is 15.6. The minimum atomic E-state index is -1.12. The third-order valence-electron chi connectivity index (χ3n) is 2.77. The fourth-order valence-electron chi connectivity index (χ4n) is 1.69. The molecule has 2 rings (SSSR count). The van der Waals surface area contributed by atoms with Crippen molar-refractivity contribution in [2.75, 3.05) is 11.9 Å². The third-order valence-corrected chi connectivity index (χ3v) is 2.77. The first-order chi connectivity index (χ1) is 10.5.